The Balaban J connectivity index is 3.14. The first kappa shape index (κ1) is 24.7. The van der Waals surface area contributed by atoms with E-state index in [0.29, 0.717) is 13.2 Å². The fraction of sp³-hybridized carbons (Fsp3) is 0.583. The van der Waals surface area contributed by atoms with Crippen molar-refractivity contribution < 1.29 is 8.85 Å². The molecule has 0 bridgehead atoms. The average molecular weight is 415 g/mol. The van der Waals surface area contributed by atoms with Gasteiger partial charge in [0.15, 0.2) is 16.6 Å². The van der Waals surface area contributed by atoms with Gasteiger partial charge in [0.25, 0.3) is 0 Å². The van der Waals surface area contributed by atoms with Crippen molar-refractivity contribution in [2.24, 2.45) is 0 Å². The van der Waals surface area contributed by atoms with Crippen LogP contribution in [0.4, 0.5) is 0 Å². The third-order valence-electron chi connectivity index (χ3n) is 6.43. The van der Waals surface area contributed by atoms with E-state index >= 15 is 0 Å². The lowest BCUT2D eigenvalue weighted by molar-refractivity contribution is 0.272. The van der Waals surface area contributed by atoms with Gasteiger partial charge >= 0.3 is 0 Å². The maximum Gasteiger partial charge on any atom is 0.192 e. The maximum atomic E-state index is 6.37. The van der Waals surface area contributed by atoms with Crippen molar-refractivity contribution in [1.82, 2.24) is 0 Å². The molecular weight excluding hydrogens is 376 g/mol. The molecule has 1 aromatic rings. The quantitative estimate of drug-likeness (QED) is 0.381. The molecule has 0 saturated heterocycles. The Bertz CT molecular complexity index is 711. The molecule has 0 saturated carbocycles. The van der Waals surface area contributed by atoms with Crippen LogP contribution in [-0.4, -0.2) is 16.6 Å². The summed E-state index contributed by atoms with van der Waals surface area (Å²) in [4.78, 5) is 0. The first-order chi connectivity index (χ1) is 12.6. The van der Waals surface area contributed by atoms with Crippen molar-refractivity contribution in [2.45, 2.75) is 91.0 Å². The molecule has 1 aromatic carbocycles. The van der Waals surface area contributed by atoms with Crippen molar-refractivity contribution in [3.8, 4) is 24.7 Å². The molecule has 2 nitrogen and oxygen atoms in total. The molecule has 0 fully saturated rings. The van der Waals surface area contributed by atoms with Gasteiger partial charge in [0.05, 0.1) is 13.2 Å². The number of benzene rings is 1. The summed E-state index contributed by atoms with van der Waals surface area (Å²) >= 11 is 0. The van der Waals surface area contributed by atoms with Gasteiger partial charge in [-0.1, -0.05) is 53.4 Å². The molecule has 0 atom stereocenters. The van der Waals surface area contributed by atoms with Crippen LogP contribution >= 0.6 is 0 Å². The molecule has 0 aliphatic carbocycles. The highest BCUT2D eigenvalue weighted by Gasteiger charge is 2.38. The predicted octanol–water partition coefficient (Wildman–Crippen LogP) is 6.69. The molecule has 0 radical (unpaired) electrons. The van der Waals surface area contributed by atoms with Crippen molar-refractivity contribution in [3.63, 3.8) is 0 Å². The minimum atomic E-state index is -1.86. The van der Waals surface area contributed by atoms with Crippen molar-refractivity contribution in [3.05, 3.63) is 34.4 Å². The van der Waals surface area contributed by atoms with Crippen LogP contribution in [-0.2, 0) is 22.1 Å². The first-order valence-electron chi connectivity index (χ1n) is 9.92. The summed E-state index contributed by atoms with van der Waals surface area (Å²) < 4.78 is 12.7. The zero-order chi connectivity index (χ0) is 22.0. The van der Waals surface area contributed by atoms with Crippen LogP contribution in [0.15, 0.2) is 12.1 Å². The average Bonchev–Trinajstić information content (AvgIpc) is 2.55. The Hall–Kier alpha value is -1.31. The molecule has 0 aliphatic heterocycles. The predicted molar refractivity (Wildman–Crippen MR) is 126 cm³/mol. The molecule has 28 heavy (non-hydrogen) atoms. The summed E-state index contributed by atoms with van der Waals surface area (Å²) in [6.45, 7) is 23.3. The van der Waals surface area contributed by atoms with E-state index in [1.54, 1.807) is 0 Å². The second-order valence-corrected chi connectivity index (χ2v) is 20.2. The standard InChI is InChI=1S/C24H38O2Si2/c1-13-19-15-22(18-26-28(11,12)24(6,7)8)20(14-2)16-21(19)17-25-27(9,10)23(3,4)5/h1-2,15-16H,17-18H2,3-12H3. The Morgan fingerprint density at radius 1 is 0.714 bits per heavy atom. The fourth-order valence-corrected chi connectivity index (χ4v) is 4.04. The van der Waals surface area contributed by atoms with E-state index in [4.69, 9.17) is 21.7 Å². The summed E-state index contributed by atoms with van der Waals surface area (Å²) in [5.41, 5.74) is 3.64. The summed E-state index contributed by atoms with van der Waals surface area (Å²) in [5.74, 6) is 5.62. The largest absolute Gasteiger partial charge is 0.413 e. The lowest BCUT2D eigenvalue weighted by Crippen LogP contribution is -2.40. The zero-order valence-corrected chi connectivity index (χ0v) is 21.5. The molecule has 4 heteroatoms. The molecule has 0 N–H and O–H groups in total. The minimum Gasteiger partial charge on any atom is -0.413 e. The lowest BCUT2D eigenvalue weighted by Gasteiger charge is -2.36. The van der Waals surface area contributed by atoms with Crippen LogP contribution in [0, 0.1) is 24.7 Å². The number of rotatable bonds is 6. The summed E-state index contributed by atoms with van der Waals surface area (Å²) in [7, 11) is -3.73. The van der Waals surface area contributed by atoms with Gasteiger partial charge < -0.3 is 8.85 Å². The van der Waals surface area contributed by atoms with Crippen LogP contribution in [0.1, 0.15) is 63.8 Å². The van der Waals surface area contributed by atoms with Crippen molar-refractivity contribution >= 4 is 16.6 Å². The third-order valence-corrected chi connectivity index (χ3v) is 15.4. The van der Waals surface area contributed by atoms with E-state index in [-0.39, 0.29) is 10.1 Å². The molecule has 0 heterocycles. The van der Waals surface area contributed by atoms with Crippen LogP contribution in [0.5, 0.6) is 0 Å². The SMILES string of the molecule is C#Cc1cc(CO[Si](C)(C)C(C)(C)C)c(C#C)cc1CO[Si](C)(C)C(C)(C)C. The van der Waals surface area contributed by atoms with E-state index in [1.807, 2.05) is 12.1 Å². The lowest BCUT2D eigenvalue weighted by atomic mass is 9.99. The zero-order valence-electron chi connectivity index (χ0n) is 19.5. The Morgan fingerprint density at radius 3 is 1.21 bits per heavy atom. The fourth-order valence-electron chi connectivity index (χ4n) is 2.15. The highest BCUT2D eigenvalue weighted by molar-refractivity contribution is 6.74. The van der Waals surface area contributed by atoms with E-state index in [1.165, 1.54) is 0 Å². The number of hydrogen-bond donors (Lipinski definition) is 0. The highest BCUT2D eigenvalue weighted by Crippen LogP contribution is 2.38. The molecule has 0 aliphatic rings. The van der Waals surface area contributed by atoms with Gasteiger partial charge in [0.2, 0.25) is 0 Å². The van der Waals surface area contributed by atoms with Gasteiger partial charge in [0.1, 0.15) is 0 Å². The molecule has 154 valence electrons. The second kappa shape index (κ2) is 8.60. The smallest absolute Gasteiger partial charge is 0.192 e. The van der Waals surface area contributed by atoms with Crippen LogP contribution in [0.2, 0.25) is 36.3 Å². The summed E-state index contributed by atoms with van der Waals surface area (Å²) in [6, 6.07) is 4.01. The van der Waals surface area contributed by atoms with Crippen molar-refractivity contribution in [2.75, 3.05) is 0 Å². The van der Waals surface area contributed by atoms with Gasteiger partial charge in [0, 0.05) is 11.1 Å². The molecule has 0 unspecified atom stereocenters. The molecular formula is C24H38O2Si2. The Morgan fingerprint density at radius 2 is 1.00 bits per heavy atom. The Labute approximate surface area is 175 Å². The molecule has 1 rings (SSSR count). The molecule has 0 amide bonds. The summed E-state index contributed by atoms with van der Waals surface area (Å²) in [6.07, 6.45) is 11.6. The van der Waals surface area contributed by atoms with Crippen molar-refractivity contribution in [1.29, 1.82) is 0 Å². The number of terminal acetylenes is 2. The van der Waals surface area contributed by atoms with Gasteiger partial charge in [-0.05, 0) is 59.5 Å². The third kappa shape index (κ3) is 5.85. The Kier molecular flexibility index (Phi) is 7.59. The van der Waals surface area contributed by atoms with E-state index in [2.05, 4.69) is 79.6 Å². The summed E-state index contributed by atoms with van der Waals surface area (Å²) in [5, 5.41) is 0.296. The number of hydrogen-bond acceptors (Lipinski definition) is 2. The molecule has 0 aromatic heterocycles. The van der Waals surface area contributed by atoms with E-state index in [0.717, 1.165) is 22.3 Å². The topological polar surface area (TPSA) is 18.5 Å². The van der Waals surface area contributed by atoms with Crippen LogP contribution in [0.3, 0.4) is 0 Å². The maximum absolute atomic E-state index is 6.37. The van der Waals surface area contributed by atoms with Gasteiger partial charge in [-0.15, -0.1) is 12.8 Å². The second-order valence-electron chi connectivity index (χ2n) is 10.6. The highest BCUT2D eigenvalue weighted by atomic mass is 28.4. The minimum absolute atomic E-state index is 0.148. The van der Waals surface area contributed by atoms with Gasteiger partial charge in [-0.2, -0.15) is 0 Å². The van der Waals surface area contributed by atoms with Crippen LogP contribution < -0.4 is 0 Å². The van der Waals surface area contributed by atoms with Gasteiger partial charge in [-0.25, -0.2) is 0 Å². The van der Waals surface area contributed by atoms with E-state index < -0.39 is 16.6 Å². The van der Waals surface area contributed by atoms with Gasteiger partial charge in [-0.3, -0.25) is 0 Å². The van der Waals surface area contributed by atoms with Crippen LogP contribution in [0.25, 0.3) is 0 Å². The monoisotopic (exact) mass is 414 g/mol. The normalized spacial score (nSPS) is 13.1. The first-order valence-corrected chi connectivity index (χ1v) is 15.7. The molecule has 0 spiro atoms. The van der Waals surface area contributed by atoms with E-state index in [9.17, 15) is 0 Å².